The number of nitrogen functional groups attached to an aromatic ring is 1. The van der Waals surface area contributed by atoms with Crippen LogP contribution in [0.25, 0.3) is 0 Å². The van der Waals surface area contributed by atoms with Gasteiger partial charge in [-0.05, 0) is 36.9 Å². The zero-order valence-electron chi connectivity index (χ0n) is 9.27. The fraction of sp³-hybridized carbons (Fsp3) is 0.250. The maximum absolute atomic E-state index is 10.6. The molecule has 3 nitrogen and oxygen atoms in total. The molecule has 1 unspecified atom stereocenters. The zero-order chi connectivity index (χ0) is 11.8. The first-order chi connectivity index (χ1) is 7.53. The quantitative estimate of drug-likeness (QED) is 0.838. The third kappa shape index (κ3) is 1.70. The van der Waals surface area contributed by atoms with Gasteiger partial charge in [0.25, 0.3) is 0 Å². The third-order valence-corrected chi connectivity index (χ3v) is 3.89. The smallest absolute Gasteiger partial charge is 0.129 e. The summed E-state index contributed by atoms with van der Waals surface area (Å²) in [6.45, 7) is 3.73. The predicted molar refractivity (Wildman–Crippen MR) is 66.4 cm³/mol. The molecule has 4 heteroatoms. The van der Waals surface area contributed by atoms with Crippen molar-refractivity contribution in [2.75, 3.05) is 5.73 Å². The molecule has 0 aliphatic carbocycles. The Morgan fingerprint density at radius 3 is 2.75 bits per heavy atom. The number of aromatic nitrogens is 1. The first-order valence-corrected chi connectivity index (χ1v) is 5.89. The Morgan fingerprint density at radius 2 is 2.19 bits per heavy atom. The molecule has 0 amide bonds. The first-order valence-electron chi connectivity index (χ1n) is 5.01. The Labute approximate surface area is 98.6 Å². The molecule has 2 aromatic heterocycles. The second-order valence-electron chi connectivity index (χ2n) is 3.94. The van der Waals surface area contributed by atoms with Crippen LogP contribution in [0, 0.1) is 6.92 Å². The first kappa shape index (κ1) is 11.1. The van der Waals surface area contributed by atoms with E-state index in [1.165, 1.54) is 11.3 Å². The van der Waals surface area contributed by atoms with Crippen molar-refractivity contribution < 1.29 is 5.11 Å². The Kier molecular flexibility index (Phi) is 2.69. The van der Waals surface area contributed by atoms with Gasteiger partial charge >= 0.3 is 0 Å². The van der Waals surface area contributed by atoms with Crippen molar-refractivity contribution in [1.29, 1.82) is 0 Å². The van der Waals surface area contributed by atoms with Crippen LogP contribution in [0.4, 0.5) is 5.82 Å². The third-order valence-electron chi connectivity index (χ3n) is 2.67. The highest BCUT2D eigenvalue weighted by Crippen LogP contribution is 2.36. The van der Waals surface area contributed by atoms with E-state index >= 15 is 0 Å². The minimum absolute atomic E-state index is 0.375. The van der Waals surface area contributed by atoms with E-state index in [1.807, 2.05) is 24.4 Å². The van der Waals surface area contributed by atoms with Crippen molar-refractivity contribution in [3.8, 4) is 0 Å². The molecular weight excluding hydrogens is 220 g/mol. The van der Waals surface area contributed by atoms with Gasteiger partial charge in [0.05, 0.1) is 0 Å². The lowest BCUT2D eigenvalue weighted by Gasteiger charge is -2.24. The molecule has 0 spiro atoms. The molecule has 0 saturated heterocycles. The van der Waals surface area contributed by atoms with E-state index in [4.69, 9.17) is 5.73 Å². The van der Waals surface area contributed by atoms with Gasteiger partial charge in [0, 0.05) is 16.6 Å². The minimum Gasteiger partial charge on any atom is -0.383 e. The second kappa shape index (κ2) is 3.88. The largest absolute Gasteiger partial charge is 0.383 e. The van der Waals surface area contributed by atoms with Gasteiger partial charge < -0.3 is 10.8 Å². The number of pyridine rings is 1. The number of nitrogens with zero attached hydrogens (tertiary/aromatic N) is 1. The highest BCUT2D eigenvalue weighted by atomic mass is 32.1. The van der Waals surface area contributed by atoms with Crippen molar-refractivity contribution in [2.45, 2.75) is 19.4 Å². The molecule has 3 N–H and O–H groups in total. The Balaban J connectivity index is 2.55. The van der Waals surface area contributed by atoms with Gasteiger partial charge in [0.2, 0.25) is 0 Å². The summed E-state index contributed by atoms with van der Waals surface area (Å²) in [6.07, 6.45) is 1.62. The molecule has 0 aliphatic rings. The predicted octanol–water partition coefficient (Wildman–Crippen LogP) is 2.29. The van der Waals surface area contributed by atoms with Crippen molar-refractivity contribution in [2.24, 2.45) is 0 Å². The van der Waals surface area contributed by atoms with Crippen LogP contribution in [-0.4, -0.2) is 10.1 Å². The van der Waals surface area contributed by atoms with Crippen LogP contribution in [0.3, 0.4) is 0 Å². The monoisotopic (exact) mass is 234 g/mol. The lowest BCUT2D eigenvalue weighted by atomic mass is 9.93. The number of thiophene rings is 1. The molecule has 16 heavy (non-hydrogen) atoms. The molecule has 2 aromatic rings. The summed E-state index contributed by atoms with van der Waals surface area (Å²) in [5.41, 5.74) is 6.44. The van der Waals surface area contributed by atoms with E-state index < -0.39 is 5.60 Å². The molecule has 2 rings (SSSR count). The summed E-state index contributed by atoms with van der Waals surface area (Å²) in [5, 5.41) is 12.6. The van der Waals surface area contributed by atoms with E-state index in [0.717, 1.165) is 10.4 Å². The summed E-state index contributed by atoms with van der Waals surface area (Å²) >= 11 is 1.53. The van der Waals surface area contributed by atoms with Gasteiger partial charge in [-0.3, -0.25) is 0 Å². The average molecular weight is 234 g/mol. The van der Waals surface area contributed by atoms with Crippen LogP contribution in [0.5, 0.6) is 0 Å². The van der Waals surface area contributed by atoms with Crippen molar-refractivity contribution in [3.63, 3.8) is 0 Å². The number of hydrogen-bond donors (Lipinski definition) is 2. The molecule has 0 radical (unpaired) electrons. The molecule has 0 aliphatic heterocycles. The maximum Gasteiger partial charge on any atom is 0.129 e. The SMILES string of the molecule is Cc1ccsc1C(C)(O)c1cccnc1N. The Morgan fingerprint density at radius 1 is 1.44 bits per heavy atom. The van der Waals surface area contributed by atoms with E-state index in [2.05, 4.69) is 4.98 Å². The standard InChI is InChI=1S/C12H14N2OS/c1-8-5-7-16-10(8)12(2,15)9-4-3-6-14-11(9)13/h3-7,15H,1-2H3,(H2,13,14). The minimum atomic E-state index is -1.07. The number of nitrogens with two attached hydrogens (primary N) is 1. The summed E-state index contributed by atoms with van der Waals surface area (Å²) < 4.78 is 0. The Bertz CT molecular complexity index is 505. The van der Waals surface area contributed by atoms with Gasteiger partial charge in [-0.25, -0.2) is 4.98 Å². The van der Waals surface area contributed by atoms with E-state index in [1.54, 1.807) is 19.2 Å². The van der Waals surface area contributed by atoms with E-state index in [9.17, 15) is 5.11 Å². The summed E-state index contributed by atoms with van der Waals surface area (Å²) in [7, 11) is 0. The topological polar surface area (TPSA) is 59.1 Å². The second-order valence-corrected chi connectivity index (χ2v) is 4.86. The normalized spacial score (nSPS) is 14.7. The van der Waals surface area contributed by atoms with Crippen LogP contribution in [0.1, 0.15) is 22.9 Å². The molecular formula is C12H14N2OS. The molecule has 0 fully saturated rings. The van der Waals surface area contributed by atoms with E-state index in [-0.39, 0.29) is 0 Å². The summed E-state index contributed by atoms with van der Waals surface area (Å²) in [6, 6.07) is 5.58. The van der Waals surface area contributed by atoms with Gasteiger partial charge in [0.15, 0.2) is 0 Å². The summed E-state index contributed by atoms with van der Waals surface area (Å²) in [5.74, 6) is 0.375. The van der Waals surface area contributed by atoms with E-state index in [0.29, 0.717) is 11.4 Å². The van der Waals surface area contributed by atoms with Crippen LogP contribution in [0.15, 0.2) is 29.8 Å². The van der Waals surface area contributed by atoms with Crippen molar-refractivity contribution in [1.82, 2.24) is 4.98 Å². The van der Waals surface area contributed by atoms with Gasteiger partial charge in [0.1, 0.15) is 11.4 Å². The average Bonchev–Trinajstić information content (AvgIpc) is 2.65. The lowest BCUT2D eigenvalue weighted by Crippen LogP contribution is -2.24. The van der Waals surface area contributed by atoms with Crippen LogP contribution in [-0.2, 0) is 5.60 Å². The van der Waals surface area contributed by atoms with Crippen molar-refractivity contribution in [3.05, 3.63) is 45.8 Å². The molecule has 2 heterocycles. The van der Waals surface area contributed by atoms with Gasteiger partial charge in [-0.15, -0.1) is 11.3 Å². The molecule has 0 aromatic carbocycles. The molecule has 0 saturated carbocycles. The summed E-state index contributed by atoms with van der Waals surface area (Å²) in [4.78, 5) is 4.92. The fourth-order valence-electron chi connectivity index (χ4n) is 1.82. The van der Waals surface area contributed by atoms with Gasteiger partial charge in [-0.1, -0.05) is 6.07 Å². The van der Waals surface area contributed by atoms with Crippen LogP contribution >= 0.6 is 11.3 Å². The zero-order valence-corrected chi connectivity index (χ0v) is 10.1. The number of aliphatic hydroxyl groups is 1. The number of aryl methyl sites for hydroxylation is 1. The Hall–Kier alpha value is -1.39. The lowest BCUT2D eigenvalue weighted by molar-refractivity contribution is 0.106. The highest BCUT2D eigenvalue weighted by molar-refractivity contribution is 7.10. The molecule has 0 bridgehead atoms. The fourth-order valence-corrected chi connectivity index (χ4v) is 2.82. The molecule has 1 atom stereocenters. The highest BCUT2D eigenvalue weighted by Gasteiger charge is 2.30. The van der Waals surface area contributed by atoms with Gasteiger partial charge in [-0.2, -0.15) is 0 Å². The number of anilines is 1. The van der Waals surface area contributed by atoms with Crippen molar-refractivity contribution >= 4 is 17.2 Å². The van der Waals surface area contributed by atoms with Crippen LogP contribution < -0.4 is 5.73 Å². The number of rotatable bonds is 2. The van der Waals surface area contributed by atoms with Crippen LogP contribution in [0.2, 0.25) is 0 Å². The maximum atomic E-state index is 10.6. The number of hydrogen-bond acceptors (Lipinski definition) is 4. The molecule has 84 valence electrons.